The van der Waals surface area contributed by atoms with Gasteiger partial charge in [0.1, 0.15) is 0 Å². The minimum Gasteiger partial charge on any atom is -0.388 e. The molecular weight excluding hydrogens is 416 g/mol. The van der Waals surface area contributed by atoms with Gasteiger partial charge in [0.25, 0.3) is 0 Å². The van der Waals surface area contributed by atoms with Crippen molar-refractivity contribution in [1.82, 2.24) is 15.1 Å². The average molecular weight is 453 g/mol. The number of fused-ring (bicyclic) bond motifs is 1. The summed E-state index contributed by atoms with van der Waals surface area (Å²) in [4.78, 5) is 13.0. The number of nitrogens with zero attached hydrogens (tertiary/aromatic N) is 2. The molecule has 2 fully saturated rings. The topological polar surface area (TPSA) is 104 Å². The number of amides is 2. The highest BCUT2D eigenvalue weighted by Crippen LogP contribution is 2.46. The van der Waals surface area contributed by atoms with Crippen molar-refractivity contribution in [3.63, 3.8) is 0 Å². The van der Waals surface area contributed by atoms with Gasteiger partial charge in [0.15, 0.2) is 0 Å². The van der Waals surface area contributed by atoms with Crippen molar-refractivity contribution in [2.75, 3.05) is 26.3 Å². The highest BCUT2D eigenvalue weighted by molar-refractivity contribution is 6.31. The number of likely N-dealkylation sites (tertiary alicyclic amines) is 1. The number of aromatic nitrogens is 2. The second-order valence-corrected chi connectivity index (χ2v) is 8.91. The number of primary amides is 1. The highest BCUT2D eigenvalue weighted by atomic mass is 35.5. The van der Waals surface area contributed by atoms with Crippen LogP contribution in [-0.2, 0) is 4.74 Å². The molecule has 31 heavy (non-hydrogen) atoms. The number of hydrogen-bond acceptors (Lipinski definition) is 4. The molecule has 1 aromatic carbocycles. The fraction of sp³-hybridized carbons (Fsp3) is 0.652. The van der Waals surface area contributed by atoms with E-state index in [1.54, 1.807) is 17.2 Å². The number of aliphatic hydroxyl groups excluding tert-OH is 1. The molecule has 0 bridgehead atoms. The maximum absolute atomic E-state index is 11.3. The summed E-state index contributed by atoms with van der Waals surface area (Å²) in [6.07, 6.45) is 5.21. The Bertz CT molecular complexity index is 820. The smallest absolute Gasteiger partial charge is 0.314 e. The van der Waals surface area contributed by atoms with E-state index in [2.05, 4.69) is 24.0 Å². The Morgan fingerprint density at radius 2 is 1.90 bits per heavy atom. The number of hydrogen-bond donors (Lipinski definition) is 3. The van der Waals surface area contributed by atoms with E-state index in [1.165, 1.54) is 12.8 Å². The first-order valence-electron chi connectivity index (χ1n) is 11.2. The predicted molar refractivity (Wildman–Crippen MR) is 125 cm³/mol. The van der Waals surface area contributed by atoms with Crippen LogP contribution in [0.15, 0.2) is 18.3 Å². The summed E-state index contributed by atoms with van der Waals surface area (Å²) < 4.78 is 4.94. The van der Waals surface area contributed by atoms with Gasteiger partial charge in [0.05, 0.1) is 17.8 Å². The Hall–Kier alpha value is -1.83. The van der Waals surface area contributed by atoms with E-state index in [-0.39, 0.29) is 17.4 Å². The third-order valence-electron chi connectivity index (χ3n) is 6.23. The van der Waals surface area contributed by atoms with Crippen molar-refractivity contribution >= 4 is 28.5 Å². The molecule has 174 valence electrons. The van der Waals surface area contributed by atoms with Crippen LogP contribution in [0, 0.1) is 11.3 Å². The minimum atomic E-state index is -0.690. The summed E-state index contributed by atoms with van der Waals surface area (Å²) in [7, 11) is 0. The van der Waals surface area contributed by atoms with E-state index in [0.717, 1.165) is 42.5 Å². The molecule has 7 nitrogen and oxygen atoms in total. The first kappa shape index (κ1) is 25.4. The molecule has 2 amide bonds. The number of urea groups is 1. The lowest BCUT2D eigenvalue weighted by atomic mass is 9.68. The predicted octanol–water partition coefficient (Wildman–Crippen LogP) is 4.89. The largest absolute Gasteiger partial charge is 0.388 e. The molecule has 2 aliphatic rings. The van der Waals surface area contributed by atoms with Gasteiger partial charge in [-0.15, -0.1) is 0 Å². The van der Waals surface area contributed by atoms with E-state index < -0.39 is 6.10 Å². The maximum atomic E-state index is 11.3. The summed E-state index contributed by atoms with van der Waals surface area (Å²) in [5.41, 5.74) is 6.56. The van der Waals surface area contributed by atoms with Gasteiger partial charge in [-0.1, -0.05) is 39.3 Å². The number of aliphatic hydroxyl groups is 1. The molecule has 0 saturated carbocycles. The number of carbonyl (C=O) groups is 1. The molecule has 1 atom stereocenters. The zero-order chi connectivity index (χ0) is 23.0. The Balaban J connectivity index is 0.000000420. The van der Waals surface area contributed by atoms with Crippen LogP contribution in [0.5, 0.6) is 0 Å². The average Bonchev–Trinajstić information content (AvgIpc) is 3.49. The number of halogens is 1. The van der Waals surface area contributed by atoms with Gasteiger partial charge < -0.3 is 20.5 Å². The van der Waals surface area contributed by atoms with E-state index in [1.807, 2.05) is 19.9 Å². The van der Waals surface area contributed by atoms with Crippen LogP contribution >= 0.6 is 11.6 Å². The quantitative estimate of drug-likeness (QED) is 0.616. The first-order chi connectivity index (χ1) is 14.8. The van der Waals surface area contributed by atoms with Crippen LogP contribution in [0.4, 0.5) is 4.79 Å². The Kier molecular flexibility index (Phi) is 9.59. The van der Waals surface area contributed by atoms with Gasteiger partial charge in [-0.3, -0.25) is 5.10 Å². The second-order valence-electron chi connectivity index (χ2n) is 8.47. The van der Waals surface area contributed by atoms with Crippen molar-refractivity contribution in [2.45, 2.75) is 59.5 Å². The van der Waals surface area contributed by atoms with E-state index in [0.29, 0.717) is 18.1 Å². The highest BCUT2D eigenvalue weighted by Gasteiger charge is 2.40. The Labute approximate surface area is 190 Å². The molecule has 4 N–H and O–H groups in total. The number of H-pyrrole nitrogens is 1. The zero-order valence-corrected chi connectivity index (χ0v) is 19.9. The standard InChI is InChI=1S/C17H23ClN4O2.C4H8O.C2H6/c1-17(2,11-3-5-22(6-4-11)16(19)24)15(23)13-8-12(18)7-10-9-20-21-14(10)13;1-2-4-5-3-1;1-2/h7-9,11,15,23H,3-6H2,1-2H3,(H2,19,24)(H,20,21);1-4H2;1-2H3. The number of ether oxygens (including phenoxy) is 1. The van der Waals surface area contributed by atoms with Crippen molar-refractivity contribution in [2.24, 2.45) is 17.1 Å². The summed E-state index contributed by atoms with van der Waals surface area (Å²) in [5.74, 6) is 0.278. The zero-order valence-electron chi connectivity index (χ0n) is 19.2. The maximum Gasteiger partial charge on any atom is 0.314 e. The molecule has 3 heterocycles. The van der Waals surface area contributed by atoms with E-state index >= 15 is 0 Å². The minimum absolute atomic E-state index is 0.278. The molecule has 2 aliphatic heterocycles. The Morgan fingerprint density at radius 3 is 2.42 bits per heavy atom. The third kappa shape index (κ3) is 6.34. The summed E-state index contributed by atoms with van der Waals surface area (Å²) in [6.45, 7) is 11.4. The number of piperidine rings is 1. The summed E-state index contributed by atoms with van der Waals surface area (Å²) in [6, 6.07) is 3.25. The van der Waals surface area contributed by atoms with Gasteiger partial charge in [0, 0.05) is 42.3 Å². The molecule has 1 unspecified atom stereocenters. The van der Waals surface area contributed by atoms with Crippen molar-refractivity contribution < 1.29 is 14.6 Å². The molecule has 2 saturated heterocycles. The molecule has 0 spiro atoms. The molecule has 8 heteroatoms. The molecule has 4 rings (SSSR count). The van der Waals surface area contributed by atoms with Crippen LogP contribution in [0.1, 0.15) is 65.0 Å². The van der Waals surface area contributed by atoms with Crippen molar-refractivity contribution in [3.05, 3.63) is 28.9 Å². The first-order valence-corrected chi connectivity index (χ1v) is 11.6. The van der Waals surface area contributed by atoms with E-state index in [9.17, 15) is 9.90 Å². The molecule has 0 aliphatic carbocycles. The third-order valence-corrected chi connectivity index (χ3v) is 6.45. The molecule has 2 aromatic rings. The lowest BCUT2D eigenvalue weighted by molar-refractivity contribution is -0.0140. The summed E-state index contributed by atoms with van der Waals surface area (Å²) in [5, 5.41) is 19.6. The normalized spacial score (nSPS) is 18.1. The van der Waals surface area contributed by atoms with Crippen LogP contribution in [0.3, 0.4) is 0 Å². The van der Waals surface area contributed by atoms with Gasteiger partial charge >= 0.3 is 6.03 Å². The Morgan fingerprint density at radius 1 is 1.29 bits per heavy atom. The van der Waals surface area contributed by atoms with E-state index in [4.69, 9.17) is 22.1 Å². The summed E-state index contributed by atoms with van der Waals surface area (Å²) >= 11 is 6.20. The van der Waals surface area contributed by atoms with Gasteiger partial charge in [-0.2, -0.15) is 5.10 Å². The van der Waals surface area contributed by atoms with Gasteiger partial charge in [0.2, 0.25) is 0 Å². The van der Waals surface area contributed by atoms with Crippen LogP contribution in [0.25, 0.3) is 10.9 Å². The fourth-order valence-corrected chi connectivity index (χ4v) is 4.48. The van der Waals surface area contributed by atoms with Crippen LogP contribution in [-0.4, -0.2) is 52.5 Å². The SMILES string of the molecule is C1CCOC1.CC.CC(C)(C1CCN(C(N)=O)CC1)C(O)c1cc(Cl)cc2cn[nH]c12. The van der Waals surface area contributed by atoms with Gasteiger partial charge in [-0.05, 0) is 49.1 Å². The lowest BCUT2D eigenvalue weighted by Gasteiger charge is -2.43. The van der Waals surface area contributed by atoms with Gasteiger partial charge in [-0.25, -0.2) is 4.79 Å². The number of nitrogens with two attached hydrogens (primary N) is 1. The monoisotopic (exact) mass is 452 g/mol. The number of carbonyl (C=O) groups excluding carboxylic acids is 1. The fourth-order valence-electron chi connectivity index (χ4n) is 4.24. The van der Waals surface area contributed by atoms with Crippen molar-refractivity contribution in [3.8, 4) is 0 Å². The number of benzene rings is 1. The molecule has 0 radical (unpaired) electrons. The number of aromatic amines is 1. The molecular formula is C23H37ClN4O3. The second kappa shape index (κ2) is 11.7. The van der Waals surface area contributed by atoms with Crippen LogP contribution < -0.4 is 5.73 Å². The number of nitrogens with one attached hydrogen (secondary N) is 1. The van der Waals surface area contributed by atoms with Crippen molar-refractivity contribution in [1.29, 1.82) is 0 Å². The lowest BCUT2D eigenvalue weighted by Crippen LogP contribution is -2.45. The number of rotatable bonds is 3. The molecule has 1 aromatic heterocycles. The van der Waals surface area contributed by atoms with Crippen LogP contribution in [0.2, 0.25) is 5.02 Å².